The summed E-state index contributed by atoms with van der Waals surface area (Å²) in [6.07, 6.45) is 47.6. The van der Waals surface area contributed by atoms with Crippen molar-refractivity contribution in [3.8, 4) is 0 Å². The van der Waals surface area contributed by atoms with E-state index in [0.29, 0.717) is 0 Å². The minimum absolute atomic E-state index is 0.835. The number of nitrogens with zero attached hydrogens (tertiary/aromatic N) is 2. The first-order valence-corrected chi connectivity index (χ1v) is 28.5. The number of rotatable bonds is 40. The van der Waals surface area contributed by atoms with E-state index in [2.05, 4.69) is 37.5 Å². The van der Waals surface area contributed by atoms with Crippen molar-refractivity contribution in [1.82, 2.24) is 9.80 Å². The standard InChI is InChI=1S/C46H96N2O2P2/c1-5-9-13-17-21-25-29-33-41-51(49,42-34-30-26-22-18-14-10-6-2)45-47-37-39-48(40-38-47)46-52(50,43-35-31-27-23-19-15-11-7-3)44-36-32-28-24-20-16-12-8-4/h5-46H2,1-4H3. The molecular weight excluding hydrogens is 674 g/mol. The third-order valence-corrected chi connectivity index (χ3v) is 18.4. The Morgan fingerprint density at radius 1 is 0.288 bits per heavy atom. The molecule has 4 nitrogen and oxygen atoms in total. The van der Waals surface area contributed by atoms with Crippen LogP contribution in [0.1, 0.15) is 233 Å². The van der Waals surface area contributed by atoms with E-state index in [-0.39, 0.29) is 0 Å². The van der Waals surface area contributed by atoms with Gasteiger partial charge in [-0.2, -0.15) is 0 Å². The van der Waals surface area contributed by atoms with E-state index in [1.165, 1.54) is 180 Å². The zero-order chi connectivity index (χ0) is 37.9. The summed E-state index contributed by atoms with van der Waals surface area (Å²) in [5, 5.41) is 0. The zero-order valence-electron chi connectivity index (χ0n) is 36.3. The molecule has 1 aliphatic heterocycles. The summed E-state index contributed by atoms with van der Waals surface area (Å²) in [6.45, 7) is 13.2. The van der Waals surface area contributed by atoms with Crippen LogP contribution in [0.15, 0.2) is 0 Å². The van der Waals surface area contributed by atoms with Gasteiger partial charge in [-0.15, -0.1) is 0 Å². The van der Waals surface area contributed by atoms with Crippen molar-refractivity contribution in [1.29, 1.82) is 0 Å². The van der Waals surface area contributed by atoms with Gasteiger partial charge in [0.25, 0.3) is 0 Å². The summed E-state index contributed by atoms with van der Waals surface area (Å²) < 4.78 is 29.1. The highest BCUT2D eigenvalue weighted by atomic mass is 31.2. The van der Waals surface area contributed by atoms with Crippen LogP contribution >= 0.6 is 14.3 Å². The van der Waals surface area contributed by atoms with E-state index in [1.54, 1.807) is 0 Å². The van der Waals surface area contributed by atoms with Gasteiger partial charge in [-0.1, -0.05) is 207 Å². The molecule has 0 atom stereocenters. The Balaban J connectivity index is 2.62. The van der Waals surface area contributed by atoms with Crippen LogP contribution in [0, 0.1) is 0 Å². The maximum absolute atomic E-state index is 14.5. The minimum atomic E-state index is -2.19. The van der Waals surface area contributed by atoms with Gasteiger partial charge in [0.2, 0.25) is 0 Å². The fourth-order valence-corrected chi connectivity index (χ4v) is 14.7. The first kappa shape index (κ1) is 50.4. The lowest BCUT2D eigenvalue weighted by molar-refractivity contribution is 0.163. The van der Waals surface area contributed by atoms with Gasteiger partial charge in [0.1, 0.15) is 14.3 Å². The van der Waals surface area contributed by atoms with Crippen molar-refractivity contribution < 1.29 is 9.13 Å². The van der Waals surface area contributed by atoms with Crippen LogP contribution in [0.2, 0.25) is 0 Å². The monoisotopic (exact) mass is 771 g/mol. The van der Waals surface area contributed by atoms with Crippen LogP contribution < -0.4 is 0 Å². The smallest absolute Gasteiger partial charge is 0.101 e. The third-order valence-electron chi connectivity index (χ3n) is 12.1. The summed E-state index contributed by atoms with van der Waals surface area (Å²) in [7, 11) is -4.38. The van der Waals surface area contributed by atoms with Crippen LogP contribution in [0.4, 0.5) is 0 Å². The molecule has 0 bridgehead atoms. The van der Waals surface area contributed by atoms with Crippen LogP contribution in [0.3, 0.4) is 0 Å². The fraction of sp³-hybridized carbons (Fsp3) is 1.00. The van der Waals surface area contributed by atoms with Gasteiger partial charge in [0.15, 0.2) is 0 Å². The Morgan fingerprint density at radius 2 is 0.462 bits per heavy atom. The molecule has 0 radical (unpaired) electrons. The highest BCUT2D eigenvalue weighted by Gasteiger charge is 2.30. The Hall–Kier alpha value is 0.380. The van der Waals surface area contributed by atoms with E-state index in [4.69, 9.17) is 0 Å². The molecule has 0 aromatic rings. The van der Waals surface area contributed by atoms with Crippen molar-refractivity contribution in [3.05, 3.63) is 0 Å². The van der Waals surface area contributed by atoms with Gasteiger partial charge >= 0.3 is 0 Å². The van der Waals surface area contributed by atoms with Crippen molar-refractivity contribution in [3.63, 3.8) is 0 Å². The molecule has 0 saturated carbocycles. The second kappa shape index (κ2) is 35.8. The first-order chi connectivity index (χ1) is 25.4. The predicted octanol–water partition coefficient (Wildman–Crippen LogP) is 15.8. The molecule has 312 valence electrons. The van der Waals surface area contributed by atoms with Crippen molar-refractivity contribution in [2.24, 2.45) is 0 Å². The zero-order valence-corrected chi connectivity index (χ0v) is 38.1. The molecule has 1 saturated heterocycles. The largest absolute Gasteiger partial charge is 0.322 e. The highest BCUT2D eigenvalue weighted by molar-refractivity contribution is 7.64. The Morgan fingerprint density at radius 3 is 0.654 bits per heavy atom. The molecule has 1 heterocycles. The Kier molecular flexibility index (Phi) is 34.7. The molecule has 52 heavy (non-hydrogen) atoms. The highest BCUT2D eigenvalue weighted by Crippen LogP contribution is 2.50. The normalized spacial score (nSPS) is 14.8. The molecule has 0 aromatic carbocycles. The molecule has 0 aliphatic carbocycles. The van der Waals surface area contributed by atoms with E-state index < -0.39 is 14.3 Å². The van der Waals surface area contributed by atoms with Crippen molar-refractivity contribution in [2.45, 2.75) is 233 Å². The molecule has 0 unspecified atom stereocenters. The maximum Gasteiger partial charge on any atom is 0.101 e. The van der Waals surface area contributed by atoms with Gasteiger partial charge in [-0.05, 0) is 25.7 Å². The molecule has 0 amide bonds. The summed E-state index contributed by atoms with van der Waals surface area (Å²) in [4.78, 5) is 5.10. The second-order valence-corrected chi connectivity index (χ2v) is 24.0. The molecule has 1 fully saturated rings. The van der Waals surface area contributed by atoms with Gasteiger partial charge in [0, 0.05) is 50.8 Å². The quantitative estimate of drug-likeness (QED) is 0.0460. The summed E-state index contributed by atoms with van der Waals surface area (Å²) >= 11 is 0. The Labute approximate surface area is 328 Å². The SMILES string of the molecule is CCCCCCCCCCP(=O)(CCCCCCCCCC)CN1CCN(CP(=O)(CCCCCCCCCC)CCCCCCCCCC)CC1. The summed E-state index contributed by atoms with van der Waals surface area (Å²) in [5.41, 5.74) is 0. The van der Waals surface area contributed by atoms with E-state index in [1.807, 2.05) is 0 Å². The van der Waals surface area contributed by atoms with Crippen LogP contribution in [-0.4, -0.2) is 73.2 Å². The van der Waals surface area contributed by atoms with Gasteiger partial charge < -0.3 is 9.13 Å². The fourth-order valence-electron chi connectivity index (χ4n) is 8.44. The lowest BCUT2D eigenvalue weighted by atomic mass is 10.1. The lowest BCUT2D eigenvalue weighted by Crippen LogP contribution is -2.47. The molecule has 1 rings (SSSR count). The van der Waals surface area contributed by atoms with Crippen molar-refractivity contribution >= 4 is 14.3 Å². The molecule has 1 aliphatic rings. The average molecular weight is 771 g/mol. The third kappa shape index (κ3) is 29.6. The van der Waals surface area contributed by atoms with Crippen LogP contribution in [0.25, 0.3) is 0 Å². The molecule has 0 aromatic heterocycles. The minimum Gasteiger partial charge on any atom is -0.322 e. The molecule has 6 heteroatoms. The van der Waals surface area contributed by atoms with Gasteiger partial charge in [0.05, 0.1) is 12.6 Å². The number of piperazine rings is 1. The number of hydrogen-bond donors (Lipinski definition) is 0. The summed E-state index contributed by atoms with van der Waals surface area (Å²) in [5.74, 6) is 0. The Bertz CT molecular complexity index is 728. The second-order valence-electron chi connectivity index (χ2n) is 17.4. The molecular formula is C46H96N2O2P2. The van der Waals surface area contributed by atoms with Gasteiger partial charge in [-0.25, -0.2) is 0 Å². The van der Waals surface area contributed by atoms with Gasteiger partial charge in [-0.3, -0.25) is 9.80 Å². The van der Waals surface area contributed by atoms with Crippen LogP contribution in [-0.2, 0) is 9.13 Å². The lowest BCUT2D eigenvalue weighted by Gasteiger charge is -2.38. The molecule has 0 N–H and O–H groups in total. The van der Waals surface area contributed by atoms with Crippen molar-refractivity contribution in [2.75, 3.05) is 63.4 Å². The van der Waals surface area contributed by atoms with E-state index in [9.17, 15) is 9.13 Å². The first-order valence-electron chi connectivity index (χ1n) is 24.0. The van der Waals surface area contributed by atoms with Crippen LogP contribution in [0.5, 0.6) is 0 Å². The van der Waals surface area contributed by atoms with E-state index >= 15 is 0 Å². The summed E-state index contributed by atoms with van der Waals surface area (Å²) in [6, 6.07) is 0. The van der Waals surface area contributed by atoms with E-state index in [0.717, 1.165) is 89.1 Å². The predicted molar refractivity (Wildman–Crippen MR) is 238 cm³/mol. The number of unbranched alkanes of at least 4 members (excludes halogenated alkanes) is 28. The maximum atomic E-state index is 14.5. The average Bonchev–Trinajstić information content (AvgIpc) is 3.14. The topological polar surface area (TPSA) is 40.6 Å². The number of hydrogen-bond acceptors (Lipinski definition) is 4. The molecule has 0 spiro atoms.